The van der Waals surface area contributed by atoms with Gasteiger partial charge in [-0.1, -0.05) is 11.6 Å². The van der Waals surface area contributed by atoms with Crippen molar-refractivity contribution in [1.82, 2.24) is 0 Å². The van der Waals surface area contributed by atoms with Gasteiger partial charge in [-0.05, 0) is 17.0 Å². The van der Waals surface area contributed by atoms with Crippen LogP contribution in [0, 0.1) is 0 Å². The second-order valence-electron chi connectivity index (χ2n) is 1.42. The van der Waals surface area contributed by atoms with Crippen LogP contribution in [0.3, 0.4) is 0 Å². The Bertz CT molecular complexity index is 171. The van der Waals surface area contributed by atoms with Gasteiger partial charge >= 0.3 is 0 Å². The second-order valence-corrected chi connectivity index (χ2v) is 3.28. The van der Waals surface area contributed by atoms with E-state index in [0.717, 1.165) is 10.1 Å². The molecule has 0 aliphatic rings. The summed E-state index contributed by atoms with van der Waals surface area (Å²) in [7, 11) is 0. The van der Waals surface area contributed by atoms with Crippen LogP contribution in [0.5, 0.6) is 0 Å². The summed E-state index contributed by atoms with van der Waals surface area (Å²) < 4.78 is 0.842. The van der Waals surface area contributed by atoms with Gasteiger partial charge in [0.1, 0.15) is 0 Å². The Balaban J connectivity index is 2.84. The molecule has 0 saturated heterocycles. The number of rotatable bonds is 1. The first kappa shape index (κ1) is 6.46. The molecular weight excluding hydrogens is 160 g/mol. The fourth-order valence-corrected chi connectivity index (χ4v) is 1.64. The third-order valence-corrected chi connectivity index (χ3v) is 2.31. The van der Waals surface area contributed by atoms with E-state index in [2.05, 4.69) is 12.6 Å². The van der Waals surface area contributed by atoms with Gasteiger partial charge in [-0.25, -0.2) is 0 Å². The van der Waals surface area contributed by atoms with E-state index >= 15 is 0 Å². The molecule has 1 aromatic heterocycles. The van der Waals surface area contributed by atoms with Crippen molar-refractivity contribution in [3.05, 3.63) is 21.3 Å². The molecule has 3 heteroatoms. The topological polar surface area (TPSA) is 0 Å². The normalized spacial score (nSPS) is 9.75. The van der Waals surface area contributed by atoms with Crippen LogP contribution in [0.25, 0.3) is 0 Å². The van der Waals surface area contributed by atoms with Gasteiger partial charge in [0.05, 0.1) is 4.34 Å². The van der Waals surface area contributed by atoms with Gasteiger partial charge in [-0.2, -0.15) is 12.6 Å². The summed E-state index contributed by atoms with van der Waals surface area (Å²) in [5.74, 6) is 0.781. The van der Waals surface area contributed by atoms with Crippen molar-refractivity contribution < 1.29 is 0 Å². The van der Waals surface area contributed by atoms with Crippen LogP contribution in [-0.4, -0.2) is 0 Å². The summed E-state index contributed by atoms with van der Waals surface area (Å²) >= 11 is 11.2. The maximum absolute atomic E-state index is 5.62. The minimum Gasteiger partial charge on any atom is -0.175 e. The van der Waals surface area contributed by atoms with Gasteiger partial charge in [0.2, 0.25) is 0 Å². The number of thiol groups is 1. The maximum Gasteiger partial charge on any atom is 0.0931 e. The van der Waals surface area contributed by atoms with Gasteiger partial charge in [0.15, 0.2) is 0 Å². The Morgan fingerprint density at radius 3 is 2.75 bits per heavy atom. The lowest BCUT2D eigenvalue weighted by molar-refractivity contribution is 1.49. The molecule has 1 aromatic rings. The molecule has 0 amide bonds. The van der Waals surface area contributed by atoms with Crippen LogP contribution < -0.4 is 0 Å². The predicted octanol–water partition coefficient (Wildman–Crippen LogP) is 2.83. The zero-order valence-electron chi connectivity index (χ0n) is 4.10. The predicted molar refractivity (Wildman–Crippen MR) is 42.0 cm³/mol. The van der Waals surface area contributed by atoms with Gasteiger partial charge < -0.3 is 0 Å². The molecule has 44 valence electrons. The standard InChI is InChI=1S/C5H5ClS2/c6-5-1-4(2-7)3-8-5/h1,3,7H,2H2. The molecule has 0 aromatic carbocycles. The van der Waals surface area contributed by atoms with Crippen molar-refractivity contribution in [2.45, 2.75) is 5.75 Å². The molecule has 8 heavy (non-hydrogen) atoms. The molecule has 0 spiro atoms. The van der Waals surface area contributed by atoms with Crippen LogP contribution in [0.4, 0.5) is 0 Å². The third-order valence-electron chi connectivity index (χ3n) is 0.804. The molecule has 0 aliphatic carbocycles. The summed E-state index contributed by atoms with van der Waals surface area (Å²) in [6.07, 6.45) is 0. The smallest absolute Gasteiger partial charge is 0.0931 e. The lowest BCUT2D eigenvalue weighted by atomic mass is 10.4. The van der Waals surface area contributed by atoms with E-state index in [1.54, 1.807) is 11.3 Å². The van der Waals surface area contributed by atoms with Crippen LogP contribution in [-0.2, 0) is 5.75 Å². The zero-order chi connectivity index (χ0) is 5.98. The fraction of sp³-hybridized carbons (Fsp3) is 0.200. The highest BCUT2D eigenvalue weighted by atomic mass is 35.5. The first-order chi connectivity index (χ1) is 3.83. The van der Waals surface area contributed by atoms with Crippen LogP contribution >= 0.6 is 35.6 Å². The summed E-state index contributed by atoms with van der Waals surface area (Å²) in [4.78, 5) is 0. The number of halogens is 1. The average molecular weight is 165 g/mol. The summed E-state index contributed by atoms with van der Waals surface area (Å²) in [5.41, 5.74) is 1.20. The van der Waals surface area contributed by atoms with E-state index in [-0.39, 0.29) is 0 Å². The first-order valence-corrected chi connectivity index (χ1v) is 4.05. The first-order valence-electron chi connectivity index (χ1n) is 2.16. The van der Waals surface area contributed by atoms with Crippen molar-refractivity contribution >= 4 is 35.6 Å². The highest BCUT2D eigenvalue weighted by molar-refractivity contribution is 7.79. The molecule has 0 radical (unpaired) electrons. The molecule has 0 unspecified atom stereocenters. The minimum atomic E-state index is 0.781. The van der Waals surface area contributed by atoms with Crippen molar-refractivity contribution in [3.63, 3.8) is 0 Å². The molecule has 0 nitrogen and oxygen atoms in total. The molecule has 0 fully saturated rings. The molecular formula is C5H5ClS2. The van der Waals surface area contributed by atoms with E-state index < -0.39 is 0 Å². The second kappa shape index (κ2) is 2.76. The van der Waals surface area contributed by atoms with Crippen molar-refractivity contribution in [3.8, 4) is 0 Å². The van der Waals surface area contributed by atoms with Gasteiger partial charge in [0, 0.05) is 5.75 Å². The molecule has 0 atom stereocenters. The largest absolute Gasteiger partial charge is 0.175 e. The molecule has 0 bridgehead atoms. The van der Waals surface area contributed by atoms with Crippen molar-refractivity contribution in [2.24, 2.45) is 0 Å². The lowest BCUT2D eigenvalue weighted by Gasteiger charge is -1.78. The number of thiophene rings is 1. The van der Waals surface area contributed by atoms with E-state index in [1.165, 1.54) is 5.56 Å². The Kier molecular flexibility index (Phi) is 2.23. The van der Waals surface area contributed by atoms with Crippen molar-refractivity contribution in [1.29, 1.82) is 0 Å². The van der Waals surface area contributed by atoms with Gasteiger partial charge in [-0.3, -0.25) is 0 Å². The molecule has 1 heterocycles. The van der Waals surface area contributed by atoms with Crippen LogP contribution in [0.1, 0.15) is 5.56 Å². The molecule has 0 saturated carbocycles. The van der Waals surface area contributed by atoms with Gasteiger partial charge in [-0.15, -0.1) is 11.3 Å². The minimum absolute atomic E-state index is 0.781. The Morgan fingerprint density at radius 2 is 2.50 bits per heavy atom. The summed E-state index contributed by atoms with van der Waals surface area (Å²) in [5, 5.41) is 2.01. The van der Waals surface area contributed by atoms with Crippen molar-refractivity contribution in [2.75, 3.05) is 0 Å². The maximum atomic E-state index is 5.62. The lowest BCUT2D eigenvalue weighted by Crippen LogP contribution is -1.63. The van der Waals surface area contributed by atoms with E-state index in [1.807, 2.05) is 11.4 Å². The summed E-state index contributed by atoms with van der Waals surface area (Å²) in [6.45, 7) is 0. The highest BCUT2D eigenvalue weighted by Gasteiger charge is 1.91. The zero-order valence-corrected chi connectivity index (χ0v) is 6.56. The third kappa shape index (κ3) is 1.41. The molecule has 0 aliphatic heterocycles. The SMILES string of the molecule is SCc1csc(Cl)c1. The Labute approximate surface area is 62.9 Å². The summed E-state index contributed by atoms with van der Waals surface area (Å²) in [6, 6.07) is 1.93. The molecule has 0 N–H and O–H groups in total. The number of hydrogen-bond donors (Lipinski definition) is 1. The van der Waals surface area contributed by atoms with E-state index in [9.17, 15) is 0 Å². The highest BCUT2D eigenvalue weighted by Crippen LogP contribution is 2.20. The fourth-order valence-electron chi connectivity index (χ4n) is 0.429. The van der Waals surface area contributed by atoms with E-state index in [4.69, 9.17) is 11.6 Å². The van der Waals surface area contributed by atoms with Crippen LogP contribution in [0.2, 0.25) is 4.34 Å². The van der Waals surface area contributed by atoms with Gasteiger partial charge in [0.25, 0.3) is 0 Å². The molecule has 1 rings (SSSR count). The number of hydrogen-bond acceptors (Lipinski definition) is 2. The van der Waals surface area contributed by atoms with Crippen LogP contribution in [0.15, 0.2) is 11.4 Å². The Morgan fingerprint density at radius 1 is 1.75 bits per heavy atom. The van der Waals surface area contributed by atoms with E-state index in [0.29, 0.717) is 0 Å². The monoisotopic (exact) mass is 164 g/mol. The quantitative estimate of drug-likeness (QED) is 0.607. The Hall–Kier alpha value is 0.340. The average Bonchev–Trinajstić information content (AvgIpc) is 2.14.